The molecule has 1 atom stereocenters. The van der Waals surface area contributed by atoms with Gasteiger partial charge in [0.25, 0.3) is 0 Å². The van der Waals surface area contributed by atoms with Gasteiger partial charge >= 0.3 is 6.09 Å². The van der Waals surface area contributed by atoms with Crippen molar-refractivity contribution >= 4 is 11.9 Å². The molecule has 2 aromatic rings. The molecule has 1 fully saturated rings. The molecule has 1 aliphatic rings. The van der Waals surface area contributed by atoms with E-state index in [2.05, 4.69) is 16.4 Å². The van der Waals surface area contributed by atoms with Gasteiger partial charge in [-0.25, -0.2) is 9.78 Å². The minimum absolute atomic E-state index is 0.0362. The number of likely N-dealkylation sites (tertiary alicyclic amines) is 1. The van der Waals surface area contributed by atoms with Crippen molar-refractivity contribution in [2.75, 3.05) is 18.9 Å². The fraction of sp³-hybridized carbons (Fsp3) is 0.400. The Hall–Kier alpha value is -2.56. The van der Waals surface area contributed by atoms with Crippen LogP contribution in [0.1, 0.15) is 42.0 Å². The van der Waals surface area contributed by atoms with E-state index in [0.29, 0.717) is 6.61 Å². The fourth-order valence-corrected chi connectivity index (χ4v) is 3.34. The Morgan fingerprint density at radius 1 is 1.32 bits per heavy atom. The van der Waals surface area contributed by atoms with Crippen LogP contribution < -0.4 is 5.32 Å². The number of aromatic nitrogens is 1. The second kappa shape index (κ2) is 8.01. The number of piperidine rings is 1. The van der Waals surface area contributed by atoms with Gasteiger partial charge in [-0.15, -0.1) is 0 Å². The first kappa shape index (κ1) is 17.3. The van der Waals surface area contributed by atoms with E-state index < -0.39 is 0 Å². The Labute approximate surface area is 149 Å². The lowest BCUT2D eigenvalue weighted by atomic mass is 9.96. The average molecular weight is 339 g/mol. The van der Waals surface area contributed by atoms with E-state index in [1.807, 2.05) is 55.4 Å². The summed E-state index contributed by atoms with van der Waals surface area (Å²) in [7, 11) is 1.86. The van der Waals surface area contributed by atoms with E-state index in [1.54, 1.807) is 0 Å². The number of pyridine rings is 1. The van der Waals surface area contributed by atoms with Crippen molar-refractivity contribution in [3.8, 4) is 0 Å². The van der Waals surface area contributed by atoms with E-state index >= 15 is 0 Å². The van der Waals surface area contributed by atoms with Gasteiger partial charge in [0.1, 0.15) is 12.4 Å². The summed E-state index contributed by atoms with van der Waals surface area (Å²) in [6, 6.07) is 11.9. The summed E-state index contributed by atoms with van der Waals surface area (Å²) in [4.78, 5) is 19.0. The van der Waals surface area contributed by atoms with Crippen molar-refractivity contribution in [3.63, 3.8) is 0 Å². The van der Waals surface area contributed by atoms with Gasteiger partial charge in [0, 0.05) is 19.8 Å². The first-order valence-corrected chi connectivity index (χ1v) is 8.80. The Morgan fingerprint density at radius 3 is 2.84 bits per heavy atom. The van der Waals surface area contributed by atoms with Crippen LogP contribution in [0.15, 0.2) is 42.6 Å². The smallest absolute Gasteiger partial charge is 0.410 e. The van der Waals surface area contributed by atoms with Crippen LogP contribution in [-0.2, 0) is 11.3 Å². The van der Waals surface area contributed by atoms with Crippen molar-refractivity contribution < 1.29 is 9.53 Å². The van der Waals surface area contributed by atoms with Crippen LogP contribution in [0.25, 0.3) is 0 Å². The van der Waals surface area contributed by atoms with Crippen LogP contribution in [0.4, 0.5) is 10.6 Å². The van der Waals surface area contributed by atoms with Crippen LogP contribution >= 0.6 is 0 Å². The molecule has 5 heteroatoms. The molecule has 0 bridgehead atoms. The number of carbonyl (C=O) groups excluding carboxylic acids is 1. The second-order valence-electron chi connectivity index (χ2n) is 6.43. The molecule has 1 aromatic carbocycles. The largest absolute Gasteiger partial charge is 0.445 e. The molecule has 1 aromatic heterocycles. The van der Waals surface area contributed by atoms with Crippen LogP contribution in [0.5, 0.6) is 0 Å². The molecule has 0 unspecified atom stereocenters. The van der Waals surface area contributed by atoms with Gasteiger partial charge in [0.15, 0.2) is 0 Å². The molecule has 2 heterocycles. The number of amides is 1. The zero-order valence-electron chi connectivity index (χ0n) is 14.9. The summed E-state index contributed by atoms with van der Waals surface area (Å²) in [5.74, 6) is 0.873. The molecule has 0 radical (unpaired) electrons. The first-order chi connectivity index (χ1) is 12.2. The normalized spacial score (nSPS) is 17.2. The third kappa shape index (κ3) is 4.10. The van der Waals surface area contributed by atoms with Crippen LogP contribution in [0.2, 0.25) is 0 Å². The molecule has 1 amide bonds. The predicted molar refractivity (Wildman–Crippen MR) is 98.4 cm³/mol. The minimum atomic E-state index is -0.246. The van der Waals surface area contributed by atoms with Gasteiger partial charge in [0.2, 0.25) is 0 Å². The Bertz CT molecular complexity index is 718. The molecule has 0 aliphatic carbocycles. The lowest BCUT2D eigenvalue weighted by molar-refractivity contribution is 0.0678. The molecule has 132 valence electrons. The molecule has 0 saturated carbocycles. The highest BCUT2D eigenvalue weighted by molar-refractivity contribution is 5.68. The number of ether oxygens (including phenoxy) is 1. The highest BCUT2D eigenvalue weighted by Gasteiger charge is 2.29. The summed E-state index contributed by atoms with van der Waals surface area (Å²) in [5.41, 5.74) is 3.16. The van der Waals surface area contributed by atoms with Crippen molar-refractivity contribution in [3.05, 3.63) is 59.3 Å². The third-order valence-electron chi connectivity index (χ3n) is 4.66. The molecule has 0 spiro atoms. The quantitative estimate of drug-likeness (QED) is 0.902. The van der Waals surface area contributed by atoms with E-state index in [4.69, 9.17) is 4.74 Å². The fourth-order valence-electron chi connectivity index (χ4n) is 3.34. The van der Waals surface area contributed by atoms with Gasteiger partial charge in [-0.05, 0) is 48.9 Å². The standard InChI is InChI=1S/C20H25N3O2/c1-15-12-17(13-22-19(15)21-2)18-10-6-7-11-23(18)20(24)25-14-16-8-4-3-5-9-16/h3-5,8-9,12-13,18H,6-7,10-11,14H2,1-2H3,(H,21,22)/t18-/m1/s1. The van der Waals surface area contributed by atoms with E-state index in [0.717, 1.165) is 48.3 Å². The zero-order valence-corrected chi connectivity index (χ0v) is 14.9. The summed E-state index contributed by atoms with van der Waals surface area (Å²) < 4.78 is 5.55. The molecule has 1 N–H and O–H groups in total. The summed E-state index contributed by atoms with van der Waals surface area (Å²) in [5, 5.41) is 3.08. The molecular formula is C20H25N3O2. The number of rotatable bonds is 4. The Kier molecular flexibility index (Phi) is 5.53. The SMILES string of the molecule is CNc1ncc([C@H]2CCCCN2C(=O)OCc2ccccc2)cc1C. The predicted octanol–water partition coefficient (Wildman–Crippen LogP) is 4.30. The minimum Gasteiger partial charge on any atom is -0.445 e. The second-order valence-corrected chi connectivity index (χ2v) is 6.43. The van der Waals surface area contributed by atoms with Crippen molar-refractivity contribution in [2.45, 2.75) is 38.8 Å². The molecular weight excluding hydrogens is 314 g/mol. The van der Waals surface area contributed by atoms with Gasteiger partial charge < -0.3 is 15.0 Å². The van der Waals surface area contributed by atoms with Crippen LogP contribution in [-0.4, -0.2) is 29.6 Å². The molecule has 1 saturated heterocycles. The first-order valence-electron chi connectivity index (χ1n) is 8.80. The van der Waals surface area contributed by atoms with E-state index in [9.17, 15) is 4.79 Å². The van der Waals surface area contributed by atoms with Crippen molar-refractivity contribution in [1.29, 1.82) is 0 Å². The summed E-state index contributed by atoms with van der Waals surface area (Å²) in [6.07, 6.45) is 4.69. The lowest BCUT2D eigenvalue weighted by Crippen LogP contribution is -2.38. The zero-order chi connectivity index (χ0) is 17.6. The van der Waals surface area contributed by atoms with E-state index in [1.165, 1.54) is 0 Å². The number of aryl methyl sites for hydroxylation is 1. The Balaban J connectivity index is 1.72. The number of carbonyl (C=O) groups is 1. The number of hydrogen-bond donors (Lipinski definition) is 1. The van der Waals surface area contributed by atoms with Crippen molar-refractivity contribution in [2.24, 2.45) is 0 Å². The third-order valence-corrected chi connectivity index (χ3v) is 4.66. The number of nitrogens with zero attached hydrogens (tertiary/aromatic N) is 2. The molecule has 25 heavy (non-hydrogen) atoms. The lowest BCUT2D eigenvalue weighted by Gasteiger charge is -2.35. The maximum atomic E-state index is 12.6. The summed E-state index contributed by atoms with van der Waals surface area (Å²) in [6.45, 7) is 3.06. The maximum Gasteiger partial charge on any atom is 0.410 e. The molecule has 5 nitrogen and oxygen atoms in total. The monoisotopic (exact) mass is 339 g/mol. The Morgan fingerprint density at radius 2 is 2.12 bits per heavy atom. The molecule has 3 rings (SSSR count). The van der Waals surface area contributed by atoms with Gasteiger partial charge in [-0.2, -0.15) is 0 Å². The van der Waals surface area contributed by atoms with Gasteiger partial charge in [0.05, 0.1) is 6.04 Å². The van der Waals surface area contributed by atoms with E-state index in [-0.39, 0.29) is 12.1 Å². The van der Waals surface area contributed by atoms with Gasteiger partial charge in [-0.1, -0.05) is 30.3 Å². The maximum absolute atomic E-state index is 12.6. The van der Waals surface area contributed by atoms with Crippen molar-refractivity contribution in [1.82, 2.24) is 9.88 Å². The summed E-state index contributed by atoms with van der Waals surface area (Å²) >= 11 is 0. The number of hydrogen-bond acceptors (Lipinski definition) is 4. The van der Waals surface area contributed by atoms with Gasteiger partial charge in [-0.3, -0.25) is 0 Å². The number of benzene rings is 1. The number of anilines is 1. The topological polar surface area (TPSA) is 54.5 Å². The van der Waals surface area contributed by atoms with Crippen LogP contribution in [0.3, 0.4) is 0 Å². The van der Waals surface area contributed by atoms with Crippen LogP contribution in [0, 0.1) is 6.92 Å². The number of nitrogens with one attached hydrogen (secondary N) is 1. The molecule has 1 aliphatic heterocycles. The average Bonchev–Trinajstić information content (AvgIpc) is 2.67. The highest BCUT2D eigenvalue weighted by atomic mass is 16.6. The highest BCUT2D eigenvalue weighted by Crippen LogP contribution is 2.32.